The van der Waals surface area contributed by atoms with Crippen molar-refractivity contribution in [3.63, 3.8) is 0 Å². The fourth-order valence-electron chi connectivity index (χ4n) is 1.59. The van der Waals surface area contributed by atoms with Crippen molar-refractivity contribution in [3.8, 4) is 11.8 Å². The van der Waals surface area contributed by atoms with Crippen LogP contribution in [0.3, 0.4) is 0 Å². The molecule has 1 heterocycles. The summed E-state index contributed by atoms with van der Waals surface area (Å²) in [6, 6.07) is 9.15. The van der Waals surface area contributed by atoms with E-state index in [1.807, 2.05) is 6.07 Å². The molecule has 2 rings (SSSR count). The third-order valence-electron chi connectivity index (χ3n) is 2.48. The number of pyridine rings is 1. The Bertz CT molecular complexity index is 742. The Morgan fingerprint density at radius 2 is 1.95 bits per heavy atom. The van der Waals surface area contributed by atoms with E-state index in [1.54, 1.807) is 24.3 Å². The number of hydrogen-bond acceptors (Lipinski definition) is 3. The van der Waals surface area contributed by atoms with E-state index in [0.717, 1.165) is 10.6 Å². The van der Waals surface area contributed by atoms with Gasteiger partial charge in [-0.25, -0.2) is 4.79 Å². The molecule has 1 aromatic carbocycles. The van der Waals surface area contributed by atoms with Gasteiger partial charge in [-0.3, -0.25) is 9.36 Å². The fraction of sp³-hybridized carbons (Fsp3) is 0. The molecule has 94 valence electrons. The number of hydrogen-bond donors (Lipinski definition) is 1. The molecule has 0 amide bonds. The highest BCUT2D eigenvalue weighted by molar-refractivity contribution is 6.30. The molecule has 0 fully saturated rings. The molecule has 1 N–H and O–H groups in total. The number of carboxylic acids is 1. The van der Waals surface area contributed by atoms with E-state index in [2.05, 4.69) is 0 Å². The Hall–Kier alpha value is -2.58. The van der Waals surface area contributed by atoms with Crippen LogP contribution in [0.4, 0.5) is 0 Å². The van der Waals surface area contributed by atoms with Gasteiger partial charge in [0.05, 0.1) is 5.56 Å². The second kappa shape index (κ2) is 4.96. The molecule has 0 aliphatic heterocycles. The van der Waals surface area contributed by atoms with Gasteiger partial charge in [0.15, 0.2) is 0 Å². The highest BCUT2D eigenvalue weighted by Crippen LogP contribution is 2.13. The summed E-state index contributed by atoms with van der Waals surface area (Å²) < 4.78 is 1.11. The number of aromatic nitrogens is 1. The van der Waals surface area contributed by atoms with E-state index in [9.17, 15) is 9.59 Å². The van der Waals surface area contributed by atoms with E-state index in [0.29, 0.717) is 10.7 Å². The number of aromatic carboxylic acids is 1. The third-order valence-corrected chi connectivity index (χ3v) is 2.73. The molecule has 5 nitrogen and oxygen atoms in total. The maximum atomic E-state index is 12.0. The zero-order valence-electron chi connectivity index (χ0n) is 9.50. The van der Waals surface area contributed by atoms with E-state index < -0.39 is 17.1 Å². The van der Waals surface area contributed by atoms with Crippen LogP contribution in [-0.2, 0) is 0 Å². The first-order chi connectivity index (χ1) is 9.02. The molecule has 0 saturated carbocycles. The lowest BCUT2D eigenvalue weighted by Crippen LogP contribution is -2.25. The zero-order chi connectivity index (χ0) is 14.0. The summed E-state index contributed by atoms with van der Waals surface area (Å²) in [5.41, 5.74) is -0.622. The predicted molar refractivity (Wildman–Crippen MR) is 68.7 cm³/mol. The van der Waals surface area contributed by atoms with Gasteiger partial charge >= 0.3 is 5.97 Å². The molecule has 0 unspecified atom stereocenters. The number of rotatable bonds is 2. The van der Waals surface area contributed by atoms with Crippen LogP contribution in [0.5, 0.6) is 0 Å². The van der Waals surface area contributed by atoms with Crippen molar-refractivity contribution in [1.29, 1.82) is 5.26 Å². The van der Waals surface area contributed by atoms with Crippen LogP contribution in [0.2, 0.25) is 5.02 Å². The summed E-state index contributed by atoms with van der Waals surface area (Å²) in [6.45, 7) is 0. The van der Waals surface area contributed by atoms with E-state index >= 15 is 0 Å². The lowest BCUT2D eigenvalue weighted by Gasteiger charge is -2.07. The minimum Gasteiger partial charge on any atom is -0.477 e. The number of halogens is 1. The van der Waals surface area contributed by atoms with Crippen molar-refractivity contribution in [2.75, 3.05) is 0 Å². The Labute approximate surface area is 112 Å². The van der Waals surface area contributed by atoms with Gasteiger partial charge in [-0.15, -0.1) is 0 Å². The zero-order valence-corrected chi connectivity index (χ0v) is 10.3. The first-order valence-electron chi connectivity index (χ1n) is 5.19. The standard InChI is InChI=1S/C13H7ClN2O3/c14-9-1-3-10(4-2-9)16-7-8(6-15)5-11(12(16)17)13(18)19/h1-5,7H,(H,18,19). The lowest BCUT2D eigenvalue weighted by molar-refractivity contribution is 0.0694. The molecule has 0 radical (unpaired) electrons. The number of benzene rings is 1. The maximum Gasteiger partial charge on any atom is 0.341 e. The minimum absolute atomic E-state index is 0.0898. The van der Waals surface area contributed by atoms with Crippen LogP contribution in [0.1, 0.15) is 15.9 Å². The van der Waals surface area contributed by atoms with Gasteiger partial charge in [0.1, 0.15) is 11.6 Å². The van der Waals surface area contributed by atoms with Gasteiger partial charge in [0.25, 0.3) is 5.56 Å². The van der Waals surface area contributed by atoms with Gasteiger partial charge < -0.3 is 5.11 Å². The molecule has 0 atom stereocenters. The lowest BCUT2D eigenvalue weighted by atomic mass is 10.2. The first kappa shape index (κ1) is 12.9. The second-order valence-electron chi connectivity index (χ2n) is 3.71. The Balaban J connectivity index is 2.73. The summed E-state index contributed by atoms with van der Waals surface area (Å²) in [5, 5.41) is 18.3. The molecule has 0 aliphatic rings. The summed E-state index contributed by atoms with van der Waals surface area (Å²) in [5.74, 6) is -1.37. The highest BCUT2D eigenvalue weighted by atomic mass is 35.5. The molecule has 19 heavy (non-hydrogen) atoms. The Morgan fingerprint density at radius 3 is 2.47 bits per heavy atom. The summed E-state index contributed by atoms with van der Waals surface area (Å²) in [7, 11) is 0. The molecule has 6 heteroatoms. The van der Waals surface area contributed by atoms with Crippen molar-refractivity contribution < 1.29 is 9.90 Å². The van der Waals surface area contributed by atoms with Crippen LogP contribution in [0, 0.1) is 11.3 Å². The minimum atomic E-state index is -1.37. The SMILES string of the molecule is N#Cc1cc(C(=O)O)c(=O)n(-c2ccc(Cl)cc2)c1. The topological polar surface area (TPSA) is 83.1 Å². The predicted octanol–water partition coefficient (Wildman–Crippen LogP) is 2.06. The fourth-order valence-corrected chi connectivity index (χ4v) is 1.72. The van der Waals surface area contributed by atoms with Crippen LogP contribution >= 0.6 is 11.6 Å². The average molecular weight is 275 g/mol. The van der Waals surface area contributed by atoms with Gasteiger partial charge in [-0.1, -0.05) is 11.6 Å². The molecule has 1 aromatic heterocycles. The molecular weight excluding hydrogens is 268 g/mol. The van der Waals surface area contributed by atoms with Crippen LogP contribution in [0.25, 0.3) is 5.69 Å². The Kier molecular flexibility index (Phi) is 3.36. The second-order valence-corrected chi connectivity index (χ2v) is 4.15. The quantitative estimate of drug-likeness (QED) is 0.908. The normalized spacial score (nSPS) is 9.89. The Morgan fingerprint density at radius 1 is 1.32 bits per heavy atom. The molecule has 2 aromatic rings. The monoisotopic (exact) mass is 274 g/mol. The van der Waals surface area contributed by atoms with Crippen molar-refractivity contribution in [2.24, 2.45) is 0 Å². The summed E-state index contributed by atoms with van der Waals surface area (Å²) >= 11 is 5.75. The van der Waals surface area contributed by atoms with Crippen molar-refractivity contribution >= 4 is 17.6 Å². The molecular formula is C13H7ClN2O3. The number of nitriles is 1. The van der Waals surface area contributed by atoms with Crippen molar-refractivity contribution in [2.45, 2.75) is 0 Å². The maximum absolute atomic E-state index is 12.0. The molecule has 0 aliphatic carbocycles. The smallest absolute Gasteiger partial charge is 0.341 e. The number of carboxylic acid groups (broad SMARTS) is 1. The van der Waals surface area contributed by atoms with E-state index in [-0.39, 0.29) is 5.56 Å². The third kappa shape index (κ3) is 2.49. The van der Waals surface area contributed by atoms with Gasteiger partial charge in [-0.05, 0) is 30.3 Å². The van der Waals surface area contributed by atoms with Gasteiger partial charge in [-0.2, -0.15) is 5.26 Å². The number of carbonyl (C=O) groups is 1. The van der Waals surface area contributed by atoms with Crippen molar-refractivity contribution in [1.82, 2.24) is 4.57 Å². The summed E-state index contributed by atoms with van der Waals surface area (Å²) in [6.07, 6.45) is 1.29. The highest BCUT2D eigenvalue weighted by Gasteiger charge is 2.14. The first-order valence-corrected chi connectivity index (χ1v) is 5.57. The molecule has 0 bridgehead atoms. The molecule has 0 spiro atoms. The van der Waals surface area contributed by atoms with E-state index in [4.69, 9.17) is 22.0 Å². The average Bonchev–Trinajstić information content (AvgIpc) is 2.40. The van der Waals surface area contributed by atoms with Gasteiger partial charge in [0.2, 0.25) is 0 Å². The van der Waals surface area contributed by atoms with Gasteiger partial charge in [0, 0.05) is 16.9 Å². The summed E-state index contributed by atoms with van der Waals surface area (Å²) in [4.78, 5) is 23.0. The van der Waals surface area contributed by atoms with Crippen LogP contribution in [-0.4, -0.2) is 15.6 Å². The van der Waals surface area contributed by atoms with Crippen LogP contribution in [0.15, 0.2) is 41.3 Å². The van der Waals surface area contributed by atoms with Crippen molar-refractivity contribution in [3.05, 3.63) is 63.0 Å². The van der Waals surface area contributed by atoms with Crippen LogP contribution < -0.4 is 5.56 Å². The molecule has 0 saturated heterocycles. The number of nitrogens with zero attached hydrogens (tertiary/aromatic N) is 2. The largest absolute Gasteiger partial charge is 0.477 e. The van der Waals surface area contributed by atoms with E-state index in [1.165, 1.54) is 6.20 Å².